The minimum absolute atomic E-state index is 0.101. The van der Waals surface area contributed by atoms with E-state index in [-0.39, 0.29) is 5.03 Å². The van der Waals surface area contributed by atoms with Crippen molar-refractivity contribution < 1.29 is 8.42 Å². The van der Waals surface area contributed by atoms with E-state index >= 15 is 0 Å². The standard InChI is InChI=1S/C14H23N3O2S/c1-2-3-4-9-17-20(18,19)14-8-5-12(11-16-14)10-15-13-6-7-13/h5,8,11,13,15,17H,2-4,6-7,9-10H2,1H3. The van der Waals surface area contributed by atoms with Crippen LogP contribution in [0.5, 0.6) is 0 Å². The van der Waals surface area contributed by atoms with Crippen LogP contribution in [0.2, 0.25) is 0 Å². The van der Waals surface area contributed by atoms with Gasteiger partial charge in [-0.05, 0) is 30.9 Å². The molecule has 1 heterocycles. The van der Waals surface area contributed by atoms with Crippen LogP contribution in [-0.2, 0) is 16.6 Å². The lowest BCUT2D eigenvalue weighted by molar-refractivity contribution is 0.572. The number of hydrogen-bond acceptors (Lipinski definition) is 4. The normalized spacial score (nSPS) is 15.4. The molecule has 0 radical (unpaired) electrons. The molecule has 1 aliphatic rings. The first-order chi connectivity index (χ1) is 9.62. The van der Waals surface area contributed by atoms with E-state index in [2.05, 4.69) is 21.9 Å². The lowest BCUT2D eigenvalue weighted by Gasteiger charge is -2.07. The van der Waals surface area contributed by atoms with E-state index in [1.54, 1.807) is 12.3 Å². The predicted octanol–water partition coefficient (Wildman–Crippen LogP) is 1.80. The summed E-state index contributed by atoms with van der Waals surface area (Å²) in [6.07, 6.45) is 7.07. The van der Waals surface area contributed by atoms with Crippen LogP contribution in [0.4, 0.5) is 0 Å². The van der Waals surface area contributed by atoms with Gasteiger partial charge in [0.25, 0.3) is 10.0 Å². The molecule has 1 fully saturated rings. The molecule has 0 aliphatic heterocycles. The molecule has 0 amide bonds. The largest absolute Gasteiger partial charge is 0.310 e. The van der Waals surface area contributed by atoms with Crippen LogP contribution in [0.15, 0.2) is 23.4 Å². The van der Waals surface area contributed by atoms with Gasteiger partial charge >= 0.3 is 0 Å². The van der Waals surface area contributed by atoms with Gasteiger partial charge < -0.3 is 5.32 Å². The number of aromatic nitrogens is 1. The number of nitrogens with one attached hydrogen (secondary N) is 2. The van der Waals surface area contributed by atoms with Crippen molar-refractivity contribution >= 4 is 10.0 Å². The number of rotatable bonds is 9. The van der Waals surface area contributed by atoms with Crippen molar-refractivity contribution in [2.75, 3.05) is 6.54 Å². The summed E-state index contributed by atoms with van der Waals surface area (Å²) < 4.78 is 26.6. The summed E-state index contributed by atoms with van der Waals surface area (Å²) in [7, 11) is -3.46. The van der Waals surface area contributed by atoms with Crippen molar-refractivity contribution in [2.45, 2.75) is 56.6 Å². The Morgan fingerprint density at radius 1 is 1.30 bits per heavy atom. The monoisotopic (exact) mass is 297 g/mol. The highest BCUT2D eigenvalue weighted by atomic mass is 32.2. The fourth-order valence-electron chi connectivity index (χ4n) is 1.88. The van der Waals surface area contributed by atoms with Gasteiger partial charge in [-0.15, -0.1) is 0 Å². The second-order valence-corrected chi connectivity index (χ2v) is 6.98. The first-order valence-electron chi connectivity index (χ1n) is 7.30. The van der Waals surface area contributed by atoms with Crippen molar-refractivity contribution in [3.05, 3.63) is 23.9 Å². The van der Waals surface area contributed by atoms with Gasteiger partial charge in [-0.2, -0.15) is 0 Å². The summed E-state index contributed by atoms with van der Waals surface area (Å²) in [5.41, 5.74) is 1.02. The lowest BCUT2D eigenvalue weighted by atomic mass is 10.3. The first kappa shape index (κ1) is 15.4. The molecule has 5 nitrogen and oxygen atoms in total. The molecule has 1 aliphatic carbocycles. The fourth-order valence-corrected chi connectivity index (χ4v) is 2.88. The molecule has 20 heavy (non-hydrogen) atoms. The van der Waals surface area contributed by atoms with E-state index in [0.29, 0.717) is 12.6 Å². The van der Waals surface area contributed by atoms with Gasteiger partial charge in [-0.1, -0.05) is 25.8 Å². The Kier molecular flexibility index (Phi) is 5.51. The van der Waals surface area contributed by atoms with Crippen LogP contribution < -0.4 is 10.0 Å². The fraction of sp³-hybridized carbons (Fsp3) is 0.643. The maximum Gasteiger partial charge on any atom is 0.258 e. The van der Waals surface area contributed by atoms with Gasteiger partial charge in [0.05, 0.1) is 0 Å². The van der Waals surface area contributed by atoms with Crippen molar-refractivity contribution in [1.29, 1.82) is 0 Å². The van der Waals surface area contributed by atoms with E-state index in [1.807, 2.05) is 6.07 Å². The maximum absolute atomic E-state index is 12.0. The molecule has 0 unspecified atom stereocenters. The summed E-state index contributed by atoms with van der Waals surface area (Å²) in [5, 5.41) is 3.48. The van der Waals surface area contributed by atoms with Gasteiger partial charge in [0, 0.05) is 25.3 Å². The predicted molar refractivity (Wildman–Crippen MR) is 78.8 cm³/mol. The third kappa shape index (κ3) is 4.85. The van der Waals surface area contributed by atoms with Crippen LogP contribution in [0.1, 0.15) is 44.6 Å². The van der Waals surface area contributed by atoms with Crippen molar-refractivity contribution in [3.63, 3.8) is 0 Å². The minimum atomic E-state index is -3.46. The number of nitrogens with zero attached hydrogens (tertiary/aromatic N) is 1. The zero-order chi connectivity index (χ0) is 14.4. The van der Waals surface area contributed by atoms with Crippen LogP contribution >= 0.6 is 0 Å². The summed E-state index contributed by atoms with van der Waals surface area (Å²) in [4.78, 5) is 4.06. The molecule has 0 atom stereocenters. The molecule has 0 saturated heterocycles. The third-order valence-corrected chi connectivity index (χ3v) is 4.69. The van der Waals surface area contributed by atoms with E-state index in [0.717, 1.165) is 31.4 Å². The number of sulfonamides is 1. The van der Waals surface area contributed by atoms with E-state index in [1.165, 1.54) is 12.8 Å². The van der Waals surface area contributed by atoms with Gasteiger partial charge in [-0.3, -0.25) is 0 Å². The van der Waals surface area contributed by atoms with E-state index < -0.39 is 10.0 Å². The summed E-state index contributed by atoms with van der Waals surface area (Å²) in [6.45, 7) is 3.31. The van der Waals surface area contributed by atoms with E-state index in [9.17, 15) is 8.42 Å². The lowest BCUT2D eigenvalue weighted by Crippen LogP contribution is -2.25. The van der Waals surface area contributed by atoms with Crippen molar-refractivity contribution in [3.8, 4) is 0 Å². The number of pyridine rings is 1. The molecule has 1 aromatic heterocycles. The highest BCUT2D eigenvalue weighted by Gasteiger charge is 2.20. The highest BCUT2D eigenvalue weighted by molar-refractivity contribution is 7.89. The Morgan fingerprint density at radius 2 is 2.10 bits per heavy atom. The molecule has 1 aromatic rings. The topological polar surface area (TPSA) is 71.1 Å². The van der Waals surface area contributed by atoms with Gasteiger partial charge in [0.2, 0.25) is 0 Å². The second-order valence-electron chi connectivity index (χ2n) is 5.26. The SMILES string of the molecule is CCCCCNS(=O)(=O)c1ccc(CNC2CC2)cn1. The summed E-state index contributed by atoms with van der Waals surface area (Å²) >= 11 is 0. The molecule has 0 spiro atoms. The van der Waals surface area contributed by atoms with Crippen LogP contribution in [0.25, 0.3) is 0 Å². The molecule has 6 heteroatoms. The smallest absolute Gasteiger partial charge is 0.258 e. The van der Waals surface area contributed by atoms with Gasteiger partial charge in [0.1, 0.15) is 0 Å². The van der Waals surface area contributed by atoms with Crippen molar-refractivity contribution in [1.82, 2.24) is 15.0 Å². The second kappa shape index (κ2) is 7.15. The average Bonchev–Trinajstić information content (AvgIpc) is 3.26. The molecule has 0 aromatic carbocycles. The van der Waals surface area contributed by atoms with Crippen LogP contribution in [0.3, 0.4) is 0 Å². The number of hydrogen-bond donors (Lipinski definition) is 2. The summed E-state index contributed by atoms with van der Waals surface area (Å²) in [6, 6.07) is 4.04. The Bertz CT molecular complexity index is 510. The maximum atomic E-state index is 12.0. The van der Waals surface area contributed by atoms with Crippen molar-refractivity contribution in [2.24, 2.45) is 0 Å². The minimum Gasteiger partial charge on any atom is -0.310 e. The van der Waals surface area contributed by atoms with Crippen LogP contribution in [0, 0.1) is 0 Å². The molecule has 1 saturated carbocycles. The zero-order valence-electron chi connectivity index (χ0n) is 11.9. The Labute approximate surface area is 121 Å². The molecule has 112 valence electrons. The Hall–Kier alpha value is -0.980. The third-order valence-electron chi connectivity index (χ3n) is 3.32. The number of unbranched alkanes of at least 4 members (excludes halogenated alkanes) is 2. The molecule has 2 N–H and O–H groups in total. The Morgan fingerprint density at radius 3 is 2.70 bits per heavy atom. The molecular weight excluding hydrogens is 274 g/mol. The zero-order valence-corrected chi connectivity index (χ0v) is 12.7. The van der Waals surface area contributed by atoms with Gasteiger partial charge in [-0.25, -0.2) is 18.1 Å². The molecule has 2 rings (SSSR count). The quantitative estimate of drug-likeness (QED) is 0.682. The Balaban J connectivity index is 1.86. The van der Waals surface area contributed by atoms with Gasteiger partial charge in [0.15, 0.2) is 5.03 Å². The average molecular weight is 297 g/mol. The molecular formula is C14H23N3O2S. The first-order valence-corrected chi connectivity index (χ1v) is 8.78. The summed E-state index contributed by atoms with van der Waals surface area (Å²) in [5.74, 6) is 0. The van der Waals surface area contributed by atoms with Crippen LogP contribution in [-0.4, -0.2) is 26.0 Å². The molecule has 0 bridgehead atoms. The highest BCUT2D eigenvalue weighted by Crippen LogP contribution is 2.19. The van der Waals surface area contributed by atoms with E-state index in [4.69, 9.17) is 0 Å².